The van der Waals surface area contributed by atoms with E-state index in [-0.39, 0.29) is 0 Å². The maximum absolute atomic E-state index is 5.82. The van der Waals surface area contributed by atoms with Crippen molar-refractivity contribution in [3.8, 4) is 22.8 Å². The first-order valence-corrected chi connectivity index (χ1v) is 8.03. The van der Waals surface area contributed by atoms with Gasteiger partial charge in [-0.3, -0.25) is 0 Å². The molecule has 4 aromatic rings. The highest BCUT2D eigenvalue weighted by molar-refractivity contribution is 7.71. The summed E-state index contributed by atoms with van der Waals surface area (Å²) in [5.74, 6) is 1.59. The first-order valence-electron chi connectivity index (χ1n) is 7.62. The Morgan fingerprint density at radius 1 is 0.750 bits per heavy atom. The van der Waals surface area contributed by atoms with Crippen LogP contribution in [0.15, 0.2) is 78.9 Å². The summed E-state index contributed by atoms with van der Waals surface area (Å²) in [6, 6.07) is 25.4. The van der Waals surface area contributed by atoms with Gasteiger partial charge in [0, 0.05) is 5.56 Å². The molecule has 0 saturated heterocycles. The third kappa shape index (κ3) is 2.92. The summed E-state index contributed by atoms with van der Waals surface area (Å²) in [6.45, 7) is 0. The molecule has 0 aliphatic rings. The molecule has 0 bridgehead atoms. The summed E-state index contributed by atoms with van der Waals surface area (Å²) in [4.78, 5) is 7.91. The molecule has 4 heteroatoms. The van der Waals surface area contributed by atoms with Gasteiger partial charge in [0.15, 0.2) is 0 Å². The molecule has 116 valence electrons. The molecule has 4 rings (SSSR count). The van der Waals surface area contributed by atoms with E-state index in [0.717, 1.165) is 33.8 Å². The van der Waals surface area contributed by atoms with E-state index in [1.165, 1.54) is 0 Å². The molecule has 0 fully saturated rings. The molecule has 3 nitrogen and oxygen atoms in total. The fourth-order valence-corrected chi connectivity index (χ4v) is 2.80. The lowest BCUT2D eigenvalue weighted by atomic mass is 10.1. The van der Waals surface area contributed by atoms with Crippen molar-refractivity contribution in [3.63, 3.8) is 0 Å². The Morgan fingerprint density at radius 2 is 1.42 bits per heavy atom. The van der Waals surface area contributed by atoms with Crippen molar-refractivity contribution in [2.24, 2.45) is 0 Å². The second-order valence-corrected chi connectivity index (χ2v) is 5.78. The van der Waals surface area contributed by atoms with Gasteiger partial charge < -0.3 is 9.72 Å². The van der Waals surface area contributed by atoms with Crippen LogP contribution in [0.25, 0.3) is 22.3 Å². The number of nitrogens with one attached hydrogen (secondary N) is 1. The Hall–Kier alpha value is -2.98. The predicted octanol–water partition coefficient (Wildman–Crippen LogP) is 5.75. The van der Waals surface area contributed by atoms with Crippen molar-refractivity contribution in [1.29, 1.82) is 0 Å². The van der Waals surface area contributed by atoms with Gasteiger partial charge in [0.25, 0.3) is 0 Å². The van der Waals surface area contributed by atoms with Crippen molar-refractivity contribution >= 4 is 23.3 Å². The van der Waals surface area contributed by atoms with Gasteiger partial charge in [0.2, 0.25) is 0 Å². The number of aromatic amines is 1. The number of H-pyrrole nitrogens is 1. The highest BCUT2D eigenvalue weighted by atomic mass is 32.1. The number of ether oxygens (including phenoxy) is 1. The van der Waals surface area contributed by atoms with E-state index in [1.54, 1.807) is 0 Å². The van der Waals surface area contributed by atoms with Crippen molar-refractivity contribution in [2.45, 2.75) is 0 Å². The topological polar surface area (TPSA) is 37.9 Å². The summed E-state index contributed by atoms with van der Waals surface area (Å²) in [5.41, 5.74) is 3.57. The van der Waals surface area contributed by atoms with Crippen LogP contribution in [0.4, 0.5) is 0 Å². The molecule has 0 aliphatic carbocycles. The number of fused-ring (bicyclic) bond motifs is 1. The fraction of sp³-hybridized carbons (Fsp3) is 0. The van der Waals surface area contributed by atoms with Crippen LogP contribution < -0.4 is 4.74 Å². The zero-order chi connectivity index (χ0) is 16.4. The van der Waals surface area contributed by atoms with E-state index >= 15 is 0 Å². The van der Waals surface area contributed by atoms with E-state index in [9.17, 15) is 0 Å². The monoisotopic (exact) mass is 330 g/mol. The number of nitrogens with zero attached hydrogens (tertiary/aromatic N) is 1. The lowest BCUT2D eigenvalue weighted by Crippen LogP contribution is -1.91. The number of hydrogen-bond donors (Lipinski definition) is 1. The highest BCUT2D eigenvalue weighted by Crippen LogP contribution is 2.26. The van der Waals surface area contributed by atoms with Gasteiger partial charge in [0.05, 0.1) is 11.0 Å². The number of para-hydroxylation sites is 3. The SMILES string of the molecule is S=c1[nH]c2ccccc2nc1-c1ccc(Oc2ccccc2)cc1. The number of hydrogen-bond acceptors (Lipinski definition) is 3. The Kier molecular flexibility index (Phi) is 3.81. The molecule has 0 amide bonds. The Morgan fingerprint density at radius 3 is 2.21 bits per heavy atom. The summed E-state index contributed by atoms with van der Waals surface area (Å²) in [6.07, 6.45) is 0. The number of benzene rings is 3. The van der Waals surface area contributed by atoms with Crippen molar-refractivity contribution in [2.75, 3.05) is 0 Å². The van der Waals surface area contributed by atoms with Crippen LogP contribution in [0.2, 0.25) is 0 Å². The van der Waals surface area contributed by atoms with Gasteiger partial charge >= 0.3 is 0 Å². The second-order valence-electron chi connectivity index (χ2n) is 5.37. The number of aromatic nitrogens is 2. The molecule has 0 aliphatic heterocycles. The minimum atomic E-state index is 0.630. The van der Waals surface area contributed by atoms with E-state index in [4.69, 9.17) is 17.0 Å². The largest absolute Gasteiger partial charge is 0.457 e. The van der Waals surface area contributed by atoms with Gasteiger partial charge in [-0.2, -0.15) is 0 Å². The third-order valence-electron chi connectivity index (χ3n) is 3.71. The maximum atomic E-state index is 5.82. The molecule has 1 N–H and O–H groups in total. The Balaban J connectivity index is 1.68. The first kappa shape index (κ1) is 14.6. The Bertz CT molecular complexity index is 1040. The van der Waals surface area contributed by atoms with E-state index in [0.29, 0.717) is 4.64 Å². The van der Waals surface area contributed by atoms with Crippen LogP contribution in [-0.4, -0.2) is 9.97 Å². The lowest BCUT2D eigenvalue weighted by Gasteiger charge is -2.07. The summed E-state index contributed by atoms with van der Waals surface area (Å²) < 4.78 is 6.45. The van der Waals surface area contributed by atoms with Crippen LogP contribution >= 0.6 is 12.2 Å². The third-order valence-corrected chi connectivity index (χ3v) is 4.00. The maximum Gasteiger partial charge on any atom is 0.130 e. The highest BCUT2D eigenvalue weighted by Gasteiger charge is 2.05. The van der Waals surface area contributed by atoms with Crippen molar-refractivity contribution in [3.05, 3.63) is 83.5 Å². The zero-order valence-electron chi connectivity index (χ0n) is 12.8. The average Bonchev–Trinajstić information content (AvgIpc) is 2.63. The molecular formula is C20H14N2OS. The molecule has 1 heterocycles. The molecule has 0 radical (unpaired) electrons. The molecule has 24 heavy (non-hydrogen) atoms. The van der Waals surface area contributed by atoms with Gasteiger partial charge in [0.1, 0.15) is 21.8 Å². The van der Waals surface area contributed by atoms with E-state index in [1.807, 2.05) is 78.9 Å². The van der Waals surface area contributed by atoms with Crippen molar-refractivity contribution in [1.82, 2.24) is 9.97 Å². The Labute approximate surface area is 144 Å². The molecule has 1 aromatic heterocycles. The van der Waals surface area contributed by atoms with Gasteiger partial charge in [-0.05, 0) is 48.5 Å². The van der Waals surface area contributed by atoms with Crippen LogP contribution in [0.3, 0.4) is 0 Å². The van der Waals surface area contributed by atoms with Gasteiger partial charge in [-0.25, -0.2) is 4.98 Å². The first-order chi connectivity index (χ1) is 11.8. The molecule has 0 atom stereocenters. The summed E-state index contributed by atoms with van der Waals surface area (Å²) in [5, 5.41) is 0. The summed E-state index contributed by atoms with van der Waals surface area (Å²) >= 11 is 5.45. The smallest absolute Gasteiger partial charge is 0.130 e. The molecule has 3 aromatic carbocycles. The van der Waals surface area contributed by atoms with Crippen LogP contribution in [0.5, 0.6) is 11.5 Å². The molecular weight excluding hydrogens is 316 g/mol. The standard InChI is InChI=1S/C20H14N2OS/c24-20-19(21-17-8-4-5-9-18(17)22-20)14-10-12-16(13-11-14)23-15-6-2-1-3-7-15/h1-13H,(H,22,24). The number of rotatable bonds is 3. The quantitative estimate of drug-likeness (QED) is 0.486. The predicted molar refractivity (Wildman–Crippen MR) is 98.9 cm³/mol. The minimum absolute atomic E-state index is 0.630. The summed E-state index contributed by atoms with van der Waals surface area (Å²) in [7, 11) is 0. The van der Waals surface area contributed by atoms with Crippen molar-refractivity contribution < 1.29 is 4.74 Å². The zero-order valence-corrected chi connectivity index (χ0v) is 13.6. The fourth-order valence-electron chi connectivity index (χ4n) is 2.53. The molecule has 0 unspecified atom stereocenters. The minimum Gasteiger partial charge on any atom is -0.457 e. The molecule has 0 spiro atoms. The lowest BCUT2D eigenvalue weighted by molar-refractivity contribution is 0.483. The van der Waals surface area contributed by atoms with Gasteiger partial charge in [-0.1, -0.05) is 42.5 Å². The normalized spacial score (nSPS) is 10.7. The van der Waals surface area contributed by atoms with Crippen LogP contribution in [-0.2, 0) is 0 Å². The van der Waals surface area contributed by atoms with Gasteiger partial charge in [-0.15, -0.1) is 0 Å². The molecule has 0 saturated carbocycles. The van der Waals surface area contributed by atoms with E-state index < -0.39 is 0 Å². The average molecular weight is 330 g/mol. The van der Waals surface area contributed by atoms with E-state index in [2.05, 4.69) is 9.97 Å². The van der Waals surface area contributed by atoms with Crippen LogP contribution in [0.1, 0.15) is 0 Å². The van der Waals surface area contributed by atoms with Crippen LogP contribution in [0, 0.1) is 4.64 Å². The second kappa shape index (κ2) is 6.26.